The number of hydrogen-bond acceptors (Lipinski definition) is 4. The van der Waals surface area contributed by atoms with Crippen molar-refractivity contribution in [2.75, 3.05) is 13.1 Å². The lowest BCUT2D eigenvalue weighted by Crippen LogP contribution is -2.39. The molecule has 0 spiro atoms. The zero-order valence-corrected chi connectivity index (χ0v) is 14.8. The largest absolute Gasteiger partial charge is 0.339 e. The van der Waals surface area contributed by atoms with Crippen molar-refractivity contribution in [3.05, 3.63) is 81.9 Å². The summed E-state index contributed by atoms with van der Waals surface area (Å²) in [6.45, 7) is 1.10. The number of carbonyl (C=O) groups is 2. The fourth-order valence-electron chi connectivity index (χ4n) is 3.18. The smallest absolute Gasteiger partial charge is 0.269 e. The van der Waals surface area contributed by atoms with Gasteiger partial charge in [0, 0.05) is 42.8 Å². The molecule has 0 radical (unpaired) electrons. The van der Waals surface area contributed by atoms with Gasteiger partial charge in [-0.15, -0.1) is 0 Å². The average molecular weight is 364 g/mol. The predicted molar refractivity (Wildman–Crippen MR) is 102 cm³/mol. The molecule has 2 aromatic rings. The van der Waals surface area contributed by atoms with Gasteiger partial charge in [0.15, 0.2) is 5.78 Å². The normalized spacial score (nSPS) is 15.0. The molecule has 6 heteroatoms. The second kappa shape index (κ2) is 8.40. The molecule has 0 saturated carbocycles. The van der Waals surface area contributed by atoms with E-state index >= 15 is 0 Å². The van der Waals surface area contributed by atoms with Crippen molar-refractivity contribution in [2.45, 2.75) is 12.8 Å². The van der Waals surface area contributed by atoms with Crippen LogP contribution in [0.15, 0.2) is 60.7 Å². The van der Waals surface area contributed by atoms with Crippen molar-refractivity contribution in [2.24, 2.45) is 5.92 Å². The molecular weight excluding hydrogens is 344 g/mol. The summed E-state index contributed by atoms with van der Waals surface area (Å²) in [5.41, 5.74) is 1.46. The summed E-state index contributed by atoms with van der Waals surface area (Å²) in [6.07, 6.45) is 4.43. The number of amides is 1. The Hall–Kier alpha value is -3.28. The number of nitro benzene ring substituents is 1. The minimum Gasteiger partial charge on any atom is -0.339 e. The molecule has 1 fully saturated rings. The first-order valence-corrected chi connectivity index (χ1v) is 8.85. The molecule has 0 unspecified atom stereocenters. The van der Waals surface area contributed by atoms with Crippen LogP contribution in [0.3, 0.4) is 0 Å². The quantitative estimate of drug-likeness (QED) is 0.350. The van der Waals surface area contributed by atoms with Gasteiger partial charge in [0.1, 0.15) is 0 Å². The molecule has 0 bridgehead atoms. The highest BCUT2D eigenvalue weighted by atomic mass is 16.6. The van der Waals surface area contributed by atoms with Crippen LogP contribution < -0.4 is 0 Å². The van der Waals surface area contributed by atoms with Gasteiger partial charge in [0.25, 0.3) is 5.69 Å². The van der Waals surface area contributed by atoms with E-state index in [4.69, 9.17) is 0 Å². The standard InChI is InChI=1S/C21H20N2O4/c24-20(11-8-16-6-9-19(10-7-16)23(26)27)22-14-12-18(13-15-22)21(25)17-4-2-1-3-5-17/h1-11,18H,12-15H2/b11-8+. The van der Waals surface area contributed by atoms with E-state index < -0.39 is 4.92 Å². The molecule has 2 aromatic carbocycles. The molecule has 1 saturated heterocycles. The van der Waals surface area contributed by atoms with Crippen LogP contribution in [0.25, 0.3) is 6.08 Å². The van der Waals surface area contributed by atoms with Gasteiger partial charge in [0.05, 0.1) is 4.92 Å². The van der Waals surface area contributed by atoms with Crippen molar-refractivity contribution >= 4 is 23.5 Å². The number of ketones is 1. The van der Waals surface area contributed by atoms with Gasteiger partial charge in [-0.25, -0.2) is 0 Å². The van der Waals surface area contributed by atoms with E-state index in [0.717, 1.165) is 11.1 Å². The molecule has 1 aliphatic rings. The zero-order valence-electron chi connectivity index (χ0n) is 14.8. The van der Waals surface area contributed by atoms with Crippen molar-refractivity contribution in [1.82, 2.24) is 4.90 Å². The third-order valence-corrected chi connectivity index (χ3v) is 4.76. The second-order valence-electron chi connectivity index (χ2n) is 6.51. The van der Waals surface area contributed by atoms with Crippen LogP contribution in [0.1, 0.15) is 28.8 Å². The second-order valence-corrected chi connectivity index (χ2v) is 6.51. The molecule has 0 atom stereocenters. The Morgan fingerprint density at radius 1 is 1.00 bits per heavy atom. The van der Waals surface area contributed by atoms with Crippen LogP contribution in [-0.4, -0.2) is 34.6 Å². The van der Waals surface area contributed by atoms with E-state index in [1.165, 1.54) is 18.2 Å². The fourth-order valence-corrected chi connectivity index (χ4v) is 3.18. The molecule has 27 heavy (non-hydrogen) atoms. The van der Waals surface area contributed by atoms with Gasteiger partial charge < -0.3 is 4.90 Å². The third kappa shape index (κ3) is 4.67. The van der Waals surface area contributed by atoms with Crippen molar-refractivity contribution in [1.29, 1.82) is 0 Å². The van der Waals surface area contributed by atoms with Crippen LogP contribution in [0.4, 0.5) is 5.69 Å². The molecule has 1 aliphatic heterocycles. The molecule has 1 heterocycles. The monoisotopic (exact) mass is 364 g/mol. The summed E-state index contributed by atoms with van der Waals surface area (Å²) in [6, 6.07) is 15.3. The molecule has 3 rings (SSSR count). The van der Waals surface area contributed by atoms with Crippen LogP contribution >= 0.6 is 0 Å². The highest BCUT2D eigenvalue weighted by molar-refractivity contribution is 5.98. The van der Waals surface area contributed by atoms with Crippen molar-refractivity contribution < 1.29 is 14.5 Å². The van der Waals surface area contributed by atoms with E-state index in [1.807, 2.05) is 30.3 Å². The minimum atomic E-state index is -0.459. The topological polar surface area (TPSA) is 80.5 Å². The highest BCUT2D eigenvalue weighted by Gasteiger charge is 2.27. The van der Waals surface area contributed by atoms with Crippen LogP contribution in [0.5, 0.6) is 0 Å². The zero-order chi connectivity index (χ0) is 19.2. The van der Waals surface area contributed by atoms with Crippen molar-refractivity contribution in [3.63, 3.8) is 0 Å². The molecule has 138 valence electrons. The number of nitrogens with zero attached hydrogens (tertiary/aromatic N) is 2. The van der Waals surface area contributed by atoms with Gasteiger partial charge in [-0.2, -0.15) is 0 Å². The van der Waals surface area contributed by atoms with Crippen LogP contribution in [0.2, 0.25) is 0 Å². The number of piperidine rings is 1. The third-order valence-electron chi connectivity index (χ3n) is 4.76. The Labute approximate surface area is 157 Å². The number of Topliss-reactive ketones (excluding diaryl/α,β-unsaturated/α-hetero) is 1. The Morgan fingerprint density at radius 2 is 1.63 bits per heavy atom. The number of carbonyl (C=O) groups excluding carboxylic acids is 2. The molecule has 0 aliphatic carbocycles. The lowest BCUT2D eigenvalue weighted by molar-refractivity contribution is -0.384. The van der Waals surface area contributed by atoms with Gasteiger partial charge in [-0.1, -0.05) is 30.3 Å². The van der Waals surface area contributed by atoms with Crippen LogP contribution in [0, 0.1) is 16.0 Å². The lowest BCUT2D eigenvalue weighted by Gasteiger charge is -2.30. The Kier molecular flexibility index (Phi) is 5.76. The summed E-state index contributed by atoms with van der Waals surface area (Å²) in [5, 5.41) is 10.7. The van der Waals surface area contributed by atoms with Gasteiger partial charge in [0.2, 0.25) is 5.91 Å². The van der Waals surface area contributed by atoms with Gasteiger partial charge in [-0.05, 0) is 36.6 Å². The summed E-state index contributed by atoms with van der Waals surface area (Å²) in [4.78, 5) is 36.8. The first-order chi connectivity index (χ1) is 13.0. The first-order valence-electron chi connectivity index (χ1n) is 8.85. The number of likely N-dealkylation sites (tertiary alicyclic amines) is 1. The van der Waals surface area contributed by atoms with E-state index in [1.54, 1.807) is 23.1 Å². The van der Waals surface area contributed by atoms with E-state index in [9.17, 15) is 19.7 Å². The molecule has 6 nitrogen and oxygen atoms in total. The lowest BCUT2D eigenvalue weighted by atomic mass is 9.89. The first kappa shape index (κ1) is 18.5. The Morgan fingerprint density at radius 3 is 2.22 bits per heavy atom. The maximum Gasteiger partial charge on any atom is 0.269 e. The van der Waals surface area contributed by atoms with Gasteiger partial charge >= 0.3 is 0 Å². The minimum absolute atomic E-state index is 0.0173. The van der Waals surface area contributed by atoms with Crippen molar-refractivity contribution in [3.8, 4) is 0 Å². The summed E-state index contributed by atoms with van der Waals surface area (Å²) in [5.74, 6) is -0.0156. The number of hydrogen-bond donors (Lipinski definition) is 0. The highest BCUT2D eigenvalue weighted by Crippen LogP contribution is 2.22. The summed E-state index contributed by atoms with van der Waals surface area (Å²) >= 11 is 0. The number of benzene rings is 2. The fraction of sp³-hybridized carbons (Fsp3) is 0.238. The van der Waals surface area contributed by atoms with E-state index in [-0.39, 0.29) is 23.3 Å². The van der Waals surface area contributed by atoms with E-state index in [0.29, 0.717) is 25.9 Å². The number of non-ortho nitro benzene ring substituents is 1. The van der Waals surface area contributed by atoms with E-state index in [2.05, 4.69) is 0 Å². The molecule has 0 aromatic heterocycles. The Balaban J connectivity index is 1.54. The average Bonchev–Trinajstić information content (AvgIpc) is 2.72. The molecule has 1 amide bonds. The summed E-state index contributed by atoms with van der Waals surface area (Å²) < 4.78 is 0. The Bertz CT molecular complexity index is 852. The van der Waals surface area contributed by atoms with Crippen LogP contribution in [-0.2, 0) is 4.79 Å². The maximum absolute atomic E-state index is 12.5. The number of rotatable bonds is 5. The maximum atomic E-state index is 12.5. The molecule has 0 N–H and O–H groups in total. The van der Waals surface area contributed by atoms with Gasteiger partial charge in [-0.3, -0.25) is 19.7 Å². The number of nitro groups is 1. The SMILES string of the molecule is O=C(c1ccccc1)C1CCN(C(=O)/C=C/c2ccc([N+](=O)[O-])cc2)CC1. The summed E-state index contributed by atoms with van der Waals surface area (Å²) in [7, 11) is 0. The molecular formula is C21H20N2O4. The predicted octanol–water partition coefficient (Wildman–Crippen LogP) is 3.73.